The monoisotopic (exact) mass is 529 g/mol. The van der Waals surface area contributed by atoms with Crippen molar-refractivity contribution < 1.29 is 0 Å². The molecule has 0 amide bonds. The summed E-state index contributed by atoms with van der Waals surface area (Å²) < 4.78 is 0. The van der Waals surface area contributed by atoms with Crippen LogP contribution in [-0.2, 0) is 5.41 Å². The highest BCUT2D eigenvalue weighted by molar-refractivity contribution is 5.83. The van der Waals surface area contributed by atoms with Gasteiger partial charge in [0.15, 0.2) is 0 Å². The molecule has 0 fully saturated rings. The summed E-state index contributed by atoms with van der Waals surface area (Å²) in [5.74, 6) is 0. The van der Waals surface area contributed by atoms with E-state index >= 15 is 0 Å². The lowest BCUT2D eigenvalue weighted by Crippen LogP contribution is -2.10. The Hall–Kier alpha value is -4.88. The van der Waals surface area contributed by atoms with Crippen LogP contribution in [0.15, 0.2) is 152 Å². The molecule has 0 radical (unpaired) electrons. The number of nitrogens with one attached hydrogen (secondary N) is 1. The summed E-state index contributed by atoms with van der Waals surface area (Å²) in [6.45, 7) is 6.77. The minimum absolute atomic E-state index is 0.122. The van der Waals surface area contributed by atoms with E-state index in [1.807, 2.05) is 0 Å². The van der Waals surface area contributed by atoms with E-state index in [9.17, 15) is 0 Å². The van der Waals surface area contributed by atoms with Crippen LogP contribution in [0.4, 0.5) is 11.4 Å². The molecule has 0 atom stereocenters. The molecule has 200 valence electrons. The summed E-state index contributed by atoms with van der Waals surface area (Å²) in [6.07, 6.45) is 0. The molecular weight excluding hydrogens is 494 g/mol. The topological polar surface area (TPSA) is 12.0 Å². The zero-order chi connectivity index (χ0) is 28.2. The minimum Gasteiger partial charge on any atom is -0.355 e. The van der Waals surface area contributed by atoms with Crippen LogP contribution < -0.4 is 5.32 Å². The normalized spacial score (nSPS) is 11.3. The maximum Gasteiger partial charge on any atom is 0.0396 e. The Morgan fingerprint density at radius 2 is 0.659 bits per heavy atom. The molecule has 0 aliphatic rings. The first-order chi connectivity index (χ1) is 19.9. The Labute approximate surface area is 244 Å². The maximum atomic E-state index is 3.78. The highest BCUT2D eigenvalue weighted by atomic mass is 14.9. The number of benzene rings is 6. The first kappa shape index (κ1) is 26.3. The molecule has 1 heteroatoms. The van der Waals surface area contributed by atoms with E-state index in [2.05, 4.69) is 178 Å². The molecular formula is C40H35N. The third-order valence-corrected chi connectivity index (χ3v) is 7.56. The Bertz CT molecular complexity index is 1690. The van der Waals surface area contributed by atoms with Gasteiger partial charge in [0.2, 0.25) is 0 Å². The van der Waals surface area contributed by atoms with Crippen molar-refractivity contribution in [1.29, 1.82) is 0 Å². The van der Waals surface area contributed by atoms with Gasteiger partial charge >= 0.3 is 0 Å². The zero-order valence-electron chi connectivity index (χ0n) is 23.9. The Morgan fingerprint density at radius 3 is 0.976 bits per heavy atom. The average Bonchev–Trinajstić information content (AvgIpc) is 3.02. The van der Waals surface area contributed by atoms with Crippen molar-refractivity contribution in [3.63, 3.8) is 0 Å². The summed E-state index contributed by atoms with van der Waals surface area (Å²) in [6, 6.07) is 54.4. The van der Waals surface area contributed by atoms with Gasteiger partial charge in [0.1, 0.15) is 0 Å². The van der Waals surface area contributed by atoms with Crippen LogP contribution in [0, 0.1) is 0 Å². The summed E-state index contributed by atoms with van der Waals surface area (Å²) >= 11 is 0. The predicted molar refractivity (Wildman–Crippen MR) is 177 cm³/mol. The first-order valence-electron chi connectivity index (χ1n) is 14.3. The van der Waals surface area contributed by atoms with Crippen molar-refractivity contribution in [3.05, 3.63) is 157 Å². The highest BCUT2D eigenvalue weighted by Gasteiger charge is 2.14. The van der Waals surface area contributed by atoms with E-state index in [1.165, 1.54) is 50.1 Å². The van der Waals surface area contributed by atoms with E-state index in [4.69, 9.17) is 0 Å². The number of rotatable bonds is 6. The van der Waals surface area contributed by atoms with Crippen molar-refractivity contribution in [2.45, 2.75) is 26.2 Å². The molecule has 0 aliphatic carbocycles. The van der Waals surface area contributed by atoms with E-state index < -0.39 is 0 Å². The standard InChI is InChI=1S/C40H35N/c1-40(2,3)37-21-19-32(20-22-37)36-24-35(31-17-11-6-12-18-31)27-39(28-36)41-38-25-33(29-13-7-4-8-14-29)23-34(26-38)30-15-9-5-10-16-30/h4-28,41H,1-3H3. The summed E-state index contributed by atoms with van der Waals surface area (Å²) in [7, 11) is 0. The summed E-state index contributed by atoms with van der Waals surface area (Å²) in [4.78, 5) is 0. The molecule has 0 saturated heterocycles. The zero-order valence-corrected chi connectivity index (χ0v) is 23.9. The molecule has 0 unspecified atom stereocenters. The van der Waals surface area contributed by atoms with Crippen LogP contribution in [0.5, 0.6) is 0 Å². The SMILES string of the molecule is CC(C)(C)c1ccc(-c2cc(Nc3cc(-c4ccccc4)cc(-c4ccccc4)c3)cc(-c3ccccc3)c2)cc1. The fraction of sp³-hybridized carbons (Fsp3) is 0.100. The van der Waals surface area contributed by atoms with Crippen LogP contribution in [0.25, 0.3) is 44.5 Å². The van der Waals surface area contributed by atoms with Gasteiger partial charge in [-0.05, 0) is 91.9 Å². The molecule has 0 aromatic heterocycles. The Kier molecular flexibility index (Phi) is 7.27. The highest BCUT2D eigenvalue weighted by Crippen LogP contribution is 2.36. The van der Waals surface area contributed by atoms with Gasteiger partial charge < -0.3 is 5.32 Å². The number of anilines is 2. The van der Waals surface area contributed by atoms with Gasteiger partial charge in [-0.25, -0.2) is 0 Å². The molecule has 0 aliphatic heterocycles. The second-order valence-electron chi connectivity index (χ2n) is 11.6. The molecule has 0 heterocycles. The van der Waals surface area contributed by atoms with Crippen LogP contribution >= 0.6 is 0 Å². The van der Waals surface area contributed by atoms with Gasteiger partial charge in [0, 0.05) is 11.4 Å². The third-order valence-electron chi connectivity index (χ3n) is 7.56. The second-order valence-corrected chi connectivity index (χ2v) is 11.6. The Balaban J connectivity index is 1.45. The summed E-state index contributed by atoms with van der Waals surface area (Å²) in [5.41, 5.74) is 13.1. The average molecular weight is 530 g/mol. The van der Waals surface area contributed by atoms with Gasteiger partial charge in [0.25, 0.3) is 0 Å². The lowest BCUT2D eigenvalue weighted by atomic mass is 9.86. The van der Waals surface area contributed by atoms with Crippen LogP contribution in [-0.4, -0.2) is 0 Å². The third kappa shape index (κ3) is 6.15. The smallest absolute Gasteiger partial charge is 0.0396 e. The fourth-order valence-electron chi connectivity index (χ4n) is 5.29. The lowest BCUT2D eigenvalue weighted by Gasteiger charge is -2.19. The summed E-state index contributed by atoms with van der Waals surface area (Å²) in [5, 5.41) is 3.78. The number of hydrogen-bond donors (Lipinski definition) is 1. The number of hydrogen-bond acceptors (Lipinski definition) is 1. The molecule has 1 nitrogen and oxygen atoms in total. The quantitative estimate of drug-likeness (QED) is 0.226. The van der Waals surface area contributed by atoms with Crippen molar-refractivity contribution in [3.8, 4) is 44.5 Å². The second kappa shape index (κ2) is 11.3. The molecule has 0 saturated carbocycles. The van der Waals surface area contributed by atoms with Crippen LogP contribution in [0.2, 0.25) is 0 Å². The van der Waals surface area contributed by atoms with Crippen molar-refractivity contribution in [2.24, 2.45) is 0 Å². The van der Waals surface area contributed by atoms with Gasteiger partial charge in [0.05, 0.1) is 0 Å². The first-order valence-corrected chi connectivity index (χ1v) is 14.3. The lowest BCUT2D eigenvalue weighted by molar-refractivity contribution is 0.590. The van der Waals surface area contributed by atoms with E-state index in [0.717, 1.165) is 11.4 Å². The van der Waals surface area contributed by atoms with Crippen molar-refractivity contribution in [1.82, 2.24) is 0 Å². The Morgan fingerprint density at radius 1 is 0.341 bits per heavy atom. The fourth-order valence-corrected chi connectivity index (χ4v) is 5.29. The van der Waals surface area contributed by atoms with Gasteiger partial charge in [-0.2, -0.15) is 0 Å². The van der Waals surface area contributed by atoms with Gasteiger partial charge in [-0.1, -0.05) is 136 Å². The van der Waals surface area contributed by atoms with E-state index in [0.29, 0.717) is 0 Å². The molecule has 1 N–H and O–H groups in total. The molecule has 6 aromatic rings. The molecule has 6 aromatic carbocycles. The van der Waals surface area contributed by atoms with Gasteiger partial charge in [-0.3, -0.25) is 0 Å². The largest absolute Gasteiger partial charge is 0.355 e. The van der Waals surface area contributed by atoms with Crippen LogP contribution in [0.3, 0.4) is 0 Å². The molecule has 0 spiro atoms. The molecule has 6 rings (SSSR count). The van der Waals surface area contributed by atoms with E-state index in [-0.39, 0.29) is 5.41 Å². The minimum atomic E-state index is 0.122. The predicted octanol–water partition coefficient (Wildman–Crippen LogP) is 11.4. The van der Waals surface area contributed by atoms with Gasteiger partial charge in [-0.15, -0.1) is 0 Å². The van der Waals surface area contributed by atoms with Crippen molar-refractivity contribution in [2.75, 3.05) is 5.32 Å². The maximum absolute atomic E-state index is 3.78. The molecule has 0 bridgehead atoms. The van der Waals surface area contributed by atoms with Crippen LogP contribution in [0.1, 0.15) is 26.3 Å². The van der Waals surface area contributed by atoms with Crippen molar-refractivity contribution >= 4 is 11.4 Å². The van der Waals surface area contributed by atoms with E-state index in [1.54, 1.807) is 0 Å². The molecule has 41 heavy (non-hydrogen) atoms.